The molecule has 5 heteroatoms. The third-order valence-corrected chi connectivity index (χ3v) is 3.39. The van der Waals surface area contributed by atoms with Gasteiger partial charge in [-0.25, -0.2) is 0 Å². The Balaban J connectivity index is 1.84. The largest absolute Gasteiger partial charge is 0.486 e. The van der Waals surface area contributed by atoms with Crippen LogP contribution >= 0.6 is 0 Å². The first-order valence-electron chi connectivity index (χ1n) is 6.75. The van der Waals surface area contributed by atoms with Gasteiger partial charge in [0.15, 0.2) is 11.5 Å². The van der Waals surface area contributed by atoms with Gasteiger partial charge in [0.05, 0.1) is 0 Å². The first-order chi connectivity index (χ1) is 9.34. The molecule has 0 radical (unpaired) electrons. The number of carbonyl (C=O) groups excluding carboxylic acids is 1. The van der Waals surface area contributed by atoms with Crippen molar-refractivity contribution < 1.29 is 14.3 Å². The lowest BCUT2D eigenvalue weighted by Gasteiger charge is -2.27. The molecule has 1 N–H and O–H groups in total. The predicted molar refractivity (Wildman–Crippen MR) is 71.9 cm³/mol. The fourth-order valence-electron chi connectivity index (χ4n) is 2.41. The molecule has 0 unspecified atom stereocenters. The standard InChI is InChI=1S/C14H18N2O3/c17-14-2-1-5-15-6-7-16(14)11-3-4-12-13(10-11)19-9-8-18-12/h3-4,10,15H,1-2,5-9H2. The van der Waals surface area contributed by atoms with Crippen molar-refractivity contribution in [3.8, 4) is 11.5 Å². The summed E-state index contributed by atoms with van der Waals surface area (Å²) in [5, 5.41) is 3.32. The summed E-state index contributed by atoms with van der Waals surface area (Å²) in [5.74, 6) is 1.66. The van der Waals surface area contributed by atoms with E-state index in [0.717, 1.165) is 36.7 Å². The van der Waals surface area contributed by atoms with E-state index in [-0.39, 0.29) is 5.91 Å². The number of hydrogen-bond donors (Lipinski definition) is 1. The number of hydrogen-bond acceptors (Lipinski definition) is 4. The number of carbonyl (C=O) groups is 1. The lowest BCUT2D eigenvalue weighted by molar-refractivity contribution is -0.118. The van der Waals surface area contributed by atoms with Gasteiger partial charge in [0.1, 0.15) is 13.2 Å². The number of amides is 1. The molecular weight excluding hydrogens is 244 g/mol. The molecule has 0 aromatic heterocycles. The number of fused-ring (bicyclic) bond motifs is 1. The van der Waals surface area contributed by atoms with Crippen molar-refractivity contribution in [1.82, 2.24) is 5.32 Å². The van der Waals surface area contributed by atoms with Crippen molar-refractivity contribution >= 4 is 11.6 Å². The maximum Gasteiger partial charge on any atom is 0.227 e. The molecule has 1 saturated heterocycles. The number of nitrogens with one attached hydrogen (secondary N) is 1. The Morgan fingerprint density at radius 2 is 1.95 bits per heavy atom. The number of ether oxygens (including phenoxy) is 2. The van der Waals surface area contributed by atoms with Crippen molar-refractivity contribution in [2.45, 2.75) is 12.8 Å². The number of nitrogens with zero attached hydrogens (tertiary/aromatic N) is 1. The molecule has 0 saturated carbocycles. The van der Waals surface area contributed by atoms with Gasteiger partial charge >= 0.3 is 0 Å². The minimum atomic E-state index is 0.179. The zero-order chi connectivity index (χ0) is 13.1. The summed E-state index contributed by atoms with van der Waals surface area (Å²) in [6.45, 7) is 3.57. The van der Waals surface area contributed by atoms with Gasteiger partial charge in [0, 0.05) is 31.3 Å². The van der Waals surface area contributed by atoms with Crippen LogP contribution in [-0.4, -0.2) is 38.8 Å². The van der Waals surface area contributed by atoms with Crippen LogP contribution in [-0.2, 0) is 4.79 Å². The molecule has 0 aliphatic carbocycles. The lowest BCUT2D eigenvalue weighted by atomic mass is 10.2. The SMILES string of the molecule is O=C1CCCNCCN1c1ccc2c(c1)OCCO2. The van der Waals surface area contributed by atoms with Crippen molar-refractivity contribution in [3.63, 3.8) is 0 Å². The summed E-state index contributed by atoms with van der Waals surface area (Å²) in [5.41, 5.74) is 0.887. The molecule has 1 fully saturated rings. The lowest BCUT2D eigenvalue weighted by Crippen LogP contribution is -2.39. The van der Waals surface area contributed by atoms with Crippen molar-refractivity contribution in [2.24, 2.45) is 0 Å². The summed E-state index contributed by atoms with van der Waals surface area (Å²) in [7, 11) is 0. The van der Waals surface area contributed by atoms with Gasteiger partial charge in [-0.15, -0.1) is 0 Å². The summed E-state index contributed by atoms with van der Waals surface area (Å²) in [6.07, 6.45) is 1.47. The minimum absolute atomic E-state index is 0.179. The van der Waals surface area contributed by atoms with Crippen LogP contribution in [0, 0.1) is 0 Å². The maximum absolute atomic E-state index is 12.2. The molecule has 1 aromatic rings. The Bertz CT molecular complexity index is 476. The van der Waals surface area contributed by atoms with Crippen LogP contribution in [0.3, 0.4) is 0 Å². The molecule has 0 spiro atoms. The molecule has 0 atom stereocenters. The molecule has 2 aliphatic heterocycles. The number of anilines is 1. The first-order valence-corrected chi connectivity index (χ1v) is 6.75. The van der Waals surface area contributed by atoms with Gasteiger partial charge in [0.25, 0.3) is 0 Å². The van der Waals surface area contributed by atoms with Gasteiger partial charge in [0.2, 0.25) is 5.91 Å². The van der Waals surface area contributed by atoms with E-state index in [4.69, 9.17) is 9.47 Å². The highest BCUT2D eigenvalue weighted by atomic mass is 16.6. The monoisotopic (exact) mass is 262 g/mol. The molecule has 102 valence electrons. The summed E-state index contributed by atoms with van der Waals surface area (Å²) in [6, 6.07) is 5.70. The van der Waals surface area contributed by atoms with Gasteiger partial charge in [-0.2, -0.15) is 0 Å². The molecule has 3 rings (SSSR count). The summed E-state index contributed by atoms with van der Waals surface area (Å²) >= 11 is 0. The zero-order valence-corrected chi connectivity index (χ0v) is 10.9. The molecule has 1 aromatic carbocycles. The molecule has 19 heavy (non-hydrogen) atoms. The highest BCUT2D eigenvalue weighted by molar-refractivity contribution is 5.93. The van der Waals surface area contributed by atoms with Crippen molar-refractivity contribution in [1.29, 1.82) is 0 Å². The van der Waals surface area contributed by atoms with Crippen LogP contribution in [0.1, 0.15) is 12.8 Å². The summed E-state index contributed by atoms with van der Waals surface area (Å²) < 4.78 is 11.1. The average Bonchev–Trinajstić information content (AvgIpc) is 2.43. The van der Waals surface area contributed by atoms with Crippen LogP contribution in [0.25, 0.3) is 0 Å². The van der Waals surface area contributed by atoms with Crippen molar-refractivity contribution in [3.05, 3.63) is 18.2 Å². The molecular formula is C14H18N2O3. The van der Waals surface area contributed by atoms with Gasteiger partial charge in [-0.3, -0.25) is 4.79 Å². The second-order valence-electron chi connectivity index (χ2n) is 4.73. The third-order valence-electron chi connectivity index (χ3n) is 3.39. The number of rotatable bonds is 1. The third kappa shape index (κ3) is 2.66. The normalized spacial score (nSPS) is 19.8. The van der Waals surface area contributed by atoms with Gasteiger partial charge in [-0.1, -0.05) is 0 Å². The Morgan fingerprint density at radius 1 is 1.11 bits per heavy atom. The van der Waals surface area contributed by atoms with Crippen LogP contribution in [0.15, 0.2) is 18.2 Å². The zero-order valence-electron chi connectivity index (χ0n) is 10.9. The predicted octanol–water partition coefficient (Wildman–Crippen LogP) is 1.17. The smallest absolute Gasteiger partial charge is 0.227 e. The van der Waals surface area contributed by atoms with E-state index in [9.17, 15) is 4.79 Å². The number of benzene rings is 1. The van der Waals surface area contributed by atoms with E-state index in [1.807, 2.05) is 23.1 Å². The second kappa shape index (κ2) is 5.48. The fraction of sp³-hybridized carbons (Fsp3) is 0.500. The van der Waals surface area contributed by atoms with E-state index in [1.165, 1.54) is 0 Å². The van der Waals surface area contributed by atoms with Crippen LogP contribution in [0.5, 0.6) is 11.5 Å². The molecule has 0 bridgehead atoms. The first kappa shape index (κ1) is 12.3. The van der Waals surface area contributed by atoms with E-state index in [2.05, 4.69) is 5.32 Å². The topological polar surface area (TPSA) is 50.8 Å². The summed E-state index contributed by atoms with van der Waals surface area (Å²) in [4.78, 5) is 14.0. The molecule has 2 aliphatic rings. The Morgan fingerprint density at radius 3 is 2.84 bits per heavy atom. The second-order valence-corrected chi connectivity index (χ2v) is 4.73. The van der Waals surface area contributed by atoms with Crippen LogP contribution in [0.2, 0.25) is 0 Å². The Labute approximate surface area is 112 Å². The quantitative estimate of drug-likeness (QED) is 0.825. The Kier molecular flexibility index (Phi) is 3.55. The van der Waals surface area contributed by atoms with E-state index < -0.39 is 0 Å². The van der Waals surface area contributed by atoms with Gasteiger partial charge < -0.3 is 19.7 Å². The van der Waals surface area contributed by atoms with Gasteiger partial charge in [-0.05, 0) is 25.1 Å². The highest BCUT2D eigenvalue weighted by Crippen LogP contribution is 2.34. The maximum atomic E-state index is 12.2. The van der Waals surface area contributed by atoms with E-state index >= 15 is 0 Å². The van der Waals surface area contributed by atoms with E-state index in [1.54, 1.807) is 0 Å². The fourth-order valence-corrected chi connectivity index (χ4v) is 2.41. The Hall–Kier alpha value is -1.75. The molecule has 2 heterocycles. The van der Waals surface area contributed by atoms with Crippen LogP contribution in [0.4, 0.5) is 5.69 Å². The minimum Gasteiger partial charge on any atom is -0.486 e. The van der Waals surface area contributed by atoms with E-state index in [0.29, 0.717) is 26.2 Å². The van der Waals surface area contributed by atoms with Crippen LogP contribution < -0.4 is 19.7 Å². The highest BCUT2D eigenvalue weighted by Gasteiger charge is 2.20. The van der Waals surface area contributed by atoms with Crippen molar-refractivity contribution in [2.75, 3.05) is 37.7 Å². The molecule has 1 amide bonds. The molecule has 5 nitrogen and oxygen atoms in total. The average molecular weight is 262 g/mol.